The van der Waals surface area contributed by atoms with E-state index in [0.717, 1.165) is 5.69 Å². The summed E-state index contributed by atoms with van der Waals surface area (Å²) in [6.45, 7) is 0.758. The van der Waals surface area contributed by atoms with Crippen LogP contribution in [-0.2, 0) is 6.54 Å². The van der Waals surface area contributed by atoms with E-state index in [0.29, 0.717) is 25.2 Å². The van der Waals surface area contributed by atoms with Crippen LogP contribution >= 0.6 is 0 Å². The molecule has 0 aliphatic carbocycles. The van der Waals surface area contributed by atoms with Crippen molar-refractivity contribution in [3.05, 3.63) is 48.0 Å². The number of halogens is 1. The lowest BCUT2D eigenvalue weighted by Gasteiger charge is -2.05. The number of hydrogen-bond donors (Lipinski definition) is 3. The fourth-order valence-electron chi connectivity index (χ4n) is 1.71. The first-order chi connectivity index (χ1) is 10.2. The molecule has 6 nitrogen and oxygen atoms in total. The minimum atomic E-state index is -0.306. The van der Waals surface area contributed by atoms with Crippen molar-refractivity contribution in [3.63, 3.8) is 0 Å². The second-order valence-electron chi connectivity index (χ2n) is 4.41. The molecule has 7 heteroatoms. The number of aliphatic hydroxyl groups is 1. The van der Waals surface area contributed by atoms with Crippen molar-refractivity contribution in [2.45, 2.75) is 13.0 Å². The number of aromatic nitrogens is 2. The zero-order valence-corrected chi connectivity index (χ0v) is 11.4. The Bertz CT molecular complexity index is 583. The van der Waals surface area contributed by atoms with Crippen LogP contribution in [-0.4, -0.2) is 34.1 Å². The van der Waals surface area contributed by atoms with E-state index in [-0.39, 0.29) is 18.5 Å². The van der Waals surface area contributed by atoms with Crippen molar-refractivity contribution in [3.8, 4) is 5.69 Å². The number of hydrogen-bond acceptors (Lipinski definition) is 3. The molecule has 2 aromatic rings. The van der Waals surface area contributed by atoms with Crippen LogP contribution in [0, 0.1) is 5.82 Å². The van der Waals surface area contributed by atoms with Gasteiger partial charge in [-0.1, -0.05) is 0 Å². The number of aliphatic hydroxyl groups excluding tert-OH is 1. The highest BCUT2D eigenvalue weighted by atomic mass is 19.1. The summed E-state index contributed by atoms with van der Waals surface area (Å²) < 4.78 is 14.5. The minimum Gasteiger partial charge on any atom is -0.396 e. The van der Waals surface area contributed by atoms with Gasteiger partial charge in [0, 0.05) is 19.3 Å². The monoisotopic (exact) mass is 292 g/mol. The highest BCUT2D eigenvalue weighted by Crippen LogP contribution is 2.08. The summed E-state index contributed by atoms with van der Waals surface area (Å²) in [4.78, 5) is 11.4. The molecule has 0 radical (unpaired) electrons. The summed E-state index contributed by atoms with van der Waals surface area (Å²) in [6.07, 6.45) is 2.26. The highest BCUT2D eigenvalue weighted by molar-refractivity contribution is 5.73. The van der Waals surface area contributed by atoms with E-state index < -0.39 is 0 Å². The first-order valence-corrected chi connectivity index (χ1v) is 6.62. The lowest BCUT2D eigenvalue weighted by molar-refractivity contribution is 0.237. The van der Waals surface area contributed by atoms with Crippen LogP contribution in [0.25, 0.3) is 5.69 Å². The molecule has 0 aliphatic rings. The molecule has 21 heavy (non-hydrogen) atoms. The Morgan fingerprint density at radius 2 is 2.00 bits per heavy atom. The van der Waals surface area contributed by atoms with Crippen LogP contribution < -0.4 is 10.6 Å². The van der Waals surface area contributed by atoms with E-state index in [1.54, 1.807) is 29.1 Å². The van der Waals surface area contributed by atoms with Gasteiger partial charge in [-0.2, -0.15) is 5.10 Å². The Labute approximate surface area is 121 Å². The number of carbonyl (C=O) groups is 1. The van der Waals surface area contributed by atoms with Crippen LogP contribution in [0.3, 0.4) is 0 Å². The molecule has 2 amide bonds. The molecule has 0 fully saturated rings. The van der Waals surface area contributed by atoms with Gasteiger partial charge in [-0.25, -0.2) is 13.9 Å². The average molecular weight is 292 g/mol. The first kappa shape index (κ1) is 15.0. The topological polar surface area (TPSA) is 79.2 Å². The van der Waals surface area contributed by atoms with Crippen molar-refractivity contribution in [1.82, 2.24) is 20.4 Å². The summed E-state index contributed by atoms with van der Waals surface area (Å²) in [5.41, 5.74) is 1.44. The Hall–Kier alpha value is -2.41. The van der Waals surface area contributed by atoms with E-state index >= 15 is 0 Å². The smallest absolute Gasteiger partial charge is 0.315 e. The zero-order chi connectivity index (χ0) is 15.1. The van der Waals surface area contributed by atoms with Gasteiger partial charge in [-0.3, -0.25) is 0 Å². The maximum absolute atomic E-state index is 12.8. The van der Waals surface area contributed by atoms with Gasteiger partial charge in [-0.15, -0.1) is 0 Å². The van der Waals surface area contributed by atoms with E-state index in [2.05, 4.69) is 15.7 Å². The van der Waals surface area contributed by atoms with Gasteiger partial charge in [0.2, 0.25) is 0 Å². The van der Waals surface area contributed by atoms with Crippen molar-refractivity contribution in [2.24, 2.45) is 0 Å². The van der Waals surface area contributed by atoms with Crippen molar-refractivity contribution in [1.29, 1.82) is 0 Å². The van der Waals surface area contributed by atoms with Gasteiger partial charge in [0.05, 0.1) is 17.9 Å². The molecule has 1 aromatic heterocycles. The van der Waals surface area contributed by atoms with E-state index in [1.165, 1.54) is 12.1 Å². The molecular formula is C14H17FN4O2. The summed E-state index contributed by atoms with van der Waals surface area (Å²) in [7, 11) is 0. The van der Waals surface area contributed by atoms with Gasteiger partial charge < -0.3 is 15.7 Å². The Morgan fingerprint density at radius 3 is 2.71 bits per heavy atom. The van der Waals surface area contributed by atoms with Gasteiger partial charge in [0.15, 0.2) is 0 Å². The summed E-state index contributed by atoms with van der Waals surface area (Å²) >= 11 is 0. The molecule has 0 aliphatic heterocycles. The van der Waals surface area contributed by atoms with Crippen LogP contribution in [0.15, 0.2) is 36.5 Å². The molecule has 0 spiro atoms. The molecule has 0 atom stereocenters. The number of benzene rings is 1. The van der Waals surface area contributed by atoms with Crippen LogP contribution in [0.5, 0.6) is 0 Å². The maximum atomic E-state index is 12.8. The first-order valence-electron chi connectivity index (χ1n) is 6.62. The maximum Gasteiger partial charge on any atom is 0.315 e. The van der Waals surface area contributed by atoms with Crippen LogP contribution in [0.1, 0.15) is 12.1 Å². The largest absolute Gasteiger partial charge is 0.396 e. The van der Waals surface area contributed by atoms with Gasteiger partial charge >= 0.3 is 6.03 Å². The quantitative estimate of drug-likeness (QED) is 0.700. The van der Waals surface area contributed by atoms with E-state index in [1.807, 2.05) is 0 Å². The Balaban J connectivity index is 1.86. The third kappa shape index (κ3) is 4.57. The molecule has 0 saturated heterocycles. The number of nitrogens with one attached hydrogen (secondary N) is 2. The average Bonchev–Trinajstić information content (AvgIpc) is 2.95. The molecule has 0 unspecified atom stereocenters. The summed E-state index contributed by atoms with van der Waals surface area (Å²) in [5, 5.41) is 18.2. The molecule has 1 heterocycles. The minimum absolute atomic E-state index is 0.0440. The molecule has 0 bridgehead atoms. The normalized spacial score (nSPS) is 10.4. The fourth-order valence-corrected chi connectivity index (χ4v) is 1.71. The van der Waals surface area contributed by atoms with Gasteiger partial charge in [-0.05, 0) is 36.8 Å². The second kappa shape index (κ2) is 7.39. The van der Waals surface area contributed by atoms with Crippen molar-refractivity contribution >= 4 is 6.03 Å². The van der Waals surface area contributed by atoms with Crippen LogP contribution in [0.4, 0.5) is 9.18 Å². The van der Waals surface area contributed by atoms with Gasteiger partial charge in [0.1, 0.15) is 5.82 Å². The predicted octanol–water partition coefficient (Wildman–Crippen LogP) is 1.19. The number of carbonyl (C=O) groups excluding carboxylic acids is 1. The zero-order valence-electron chi connectivity index (χ0n) is 11.4. The Kier molecular flexibility index (Phi) is 5.28. The van der Waals surface area contributed by atoms with Crippen molar-refractivity contribution in [2.75, 3.05) is 13.2 Å². The van der Waals surface area contributed by atoms with E-state index in [9.17, 15) is 9.18 Å². The van der Waals surface area contributed by atoms with E-state index in [4.69, 9.17) is 5.11 Å². The summed E-state index contributed by atoms with van der Waals surface area (Å²) in [6, 6.07) is 7.45. The molecule has 2 rings (SSSR count). The molecule has 1 aromatic carbocycles. The van der Waals surface area contributed by atoms with Crippen LogP contribution in [0.2, 0.25) is 0 Å². The lowest BCUT2D eigenvalue weighted by atomic mass is 10.3. The number of nitrogens with zero attached hydrogens (tertiary/aromatic N) is 2. The molecular weight excluding hydrogens is 275 g/mol. The van der Waals surface area contributed by atoms with Gasteiger partial charge in [0.25, 0.3) is 0 Å². The standard InChI is InChI=1S/C14H17FN4O2/c15-11-2-4-13(5-3-11)19-8-6-12(18-19)10-17-14(21)16-7-1-9-20/h2-6,8,20H,1,7,9-10H2,(H2,16,17,21). The number of amides is 2. The highest BCUT2D eigenvalue weighted by Gasteiger charge is 2.04. The Morgan fingerprint density at radius 1 is 1.24 bits per heavy atom. The molecule has 0 saturated carbocycles. The third-order valence-electron chi connectivity index (χ3n) is 2.79. The third-order valence-corrected chi connectivity index (χ3v) is 2.79. The lowest BCUT2D eigenvalue weighted by Crippen LogP contribution is -2.35. The number of rotatable bonds is 6. The second-order valence-corrected chi connectivity index (χ2v) is 4.41. The van der Waals surface area contributed by atoms with Crippen molar-refractivity contribution < 1.29 is 14.3 Å². The SMILES string of the molecule is O=C(NCCCO)NCc1ccn(-c2ccc(F)cc2)n1. The summed E-state index contributed by atoms with van der Waals surface area (Å²) in [5.74, 6) is -0.299. The molecule has 3 N–H and O–H groups in total. The molecule has 112 valence electrons. The number of urea groups is 1. The predicted molar refractivity (Wildman–Crippen MR) is 75.5 cm³/mol. The fraction of sp³-hybridized carbons (Fsp3) is 0.286.